The summed E-state index contributed by atoms with van der Waals surface area (Å²) >= 11 is 1.37. The van der Waals surface area contributed by atoms with Gasteiger partial charge in [-0.2, -0.15) is 0 Å². The van der Waals surface area contributed by atoms with Crippen LogP contribution in [0, 0.1) is 0 Å². The van der Waals surface area contributed by atoms with Gasteiger partial charge < -0.3 is 15.7 Å². The van der Waals surface area contributed by atoms with Gasteiger partial charge in [-0.25, -0.2) is 0 Å². The molecule has 0 atom stereocenters. The van der Waals surface area contributed by atoms with Gasteiger partial charge in [0.2, 0.25) is 0 Å². The molecule has 2 aromatic rings. The number of nitrogens with one attached hydrogen (secondary N) is 2. The standard InChI is InChI=1S/C15H16N2O3S/c18-9-2-8-16-14(19)11-4-6-12(7-5-11)17-15(20)13-3-1-10-21-13/h1,3-7,10,18H,2,8-9H2,(H,16,19)(H,17,20). The molecule has 1 aromatic carbocycles. The van der Waals surface area contributed by atoms with E-state index in [0.717, 1.165) is 0 Å². The lowest BCUT2D eigenvalue weighted by Crippen LogP contribution is -2.24. The molecule has 0 saturated heterocycles. The highest BCUT2D eigenvalue weighted by Gasteiger charge is 2.08. The Bertz CT molecular complexity index is 594. The number of carbonyl (C=O) groups excluding carboxylic acids is 2. The van der Waals surface area contributed by atoms with E-state index in [4.69, 9.17) is 5.11 Å². The summed E-state index contributed by atoms with van der Waals surface area (Å²) in [5.41, 5.74) is 1.15. The predicted molar refractivity (Wildman–Crippen MR) is 82.8 cm³/mol. The molecule has 0 aliphatic rings. The Morgan fingerprint density at radius 3 is 2.48 bits per heavy atom. The Balaban J connectivity index is 1.92. The minimum Gasteiger partial charge on any atom is -0.396 e. The summed E-state index contributed by atoms with van der Waals surface area (Å²) in [6, 6.07) is 10.2. The monoisotopic (exact) mass is 304 g/mol. The van der Waals surface area contributed by atoms with Crippen LogP contribution in [0.1, 0.15) is 26.5 Å². The van der Waals surface area contributed by atoms with Crippen LogP contribution in [0.3, 0.4) is 0 Å². The molecule has 2 rings (SSSR count). The van der Waals surface area contributed by atoms with Crippen molar-refractivity contribution in [1.29, 1.82) is 0 Å². The van der Waals surface area contributed by atoms with Crippen LogP contribution < -0.4 is 10.6 Å². The maximum absolute atomic E-state index is 11.9. The first-order valence-electron chi connectivity index (χ1n) is 6.54. The van der Waals surface area contributed by atoms with Crippen molar-refractivity contribution in [2.24, 2.45) is 0 Å². The van der Waals surface area contributed by atoms with Crippen molar-refractivity contribution in [1.82, 2.24) is 5.32 Å². The second kappa shape index (κ2) is 7.56. The molecule has 0 bridgehead atoms. The molecule has 0 saturated carbocycles. The number of benzene rings is 1. The summed E-state index contributed by atoms with van der Waals surface area (Å²) in [7, 11) is 0. The lowest BCUT2D eigenvalue weighted by atomic mass is 10.2. The zero-order valence-electron chi connectivity index (χ0n) is 11.3. The van der Waals surface area contributed by atoms with Gasteiger partial charge in [0, 0.05) is 24.4 Å². The van der Waals surface area contributed by atoms with Gasteiger partial charge in [-0.05, 0) is 42.1 Å². The molecule has 0 spiro atoms. The first-order chi connectivity index (χ1) is 10.2. The van der Waals surface area contributed by atoms with E-state index in [2.05, 4.69) is 10.6 Å². The SMILES string of the molecule is O=C(NCCCO)c1ccc(NC(=O)c2cccs2)cc1. The Morgan fingerprint density at radius 2 is 1.86 bits per heavy atom. The number of anilines is 1. The average Bonchev–Trinajstić information content (AvgIpc) is 3.02. The van der Waals surface area contributed by atoms with E-state index in [1.807, 2.05) is 11.4 Å². The van der Waals surface area contributed by atoms with Gasteiger partial charge in [-0.3, -0.25) is 9.59 Å². The van der Waals surface area contributed by atoms with Crippen molar-refractivity contribution in [2.45, 2.75) is 6.42 Å². The van der Waals surface area contributed by atoms with Crippen LogP contribution in [-0.4, -0.2) is 30.1 Å². The minimum absolute atomic E-state index is 0.0496. The molecule has 110 valence electrons. The number of aliphatic hydroxyl groups is 1. The van der Waals surface area contributed by atoms with Crippen LogP contribution in [-0.2, 0) is 0 Å². The summed E-state index contributed by atoms with van der Waals surface area (Å²) in [5, 5.41) is 16.0. The van der Waals surface area contributed by atoms with E-state index < -0.39 is 0 Å². The Hall–Kier alpha value is -2.18. The fourth-order valence-corrected chi connectivity index (χ4v) is 2.31. The quantitative estimate of drug-likeness (QED) is 0.715. The van der Waals surface area contributed by atoms with Crippen LogP contribution >= 0.6 is 11.3 Å². The summed E-state index contributed by atoms with van der Waals surface area (Å²) in [6.07, 6.45) is 0.528. The van der Waals surface area contributed by atoms with Crippen LogP contribution in [0.4, 0.5) is 5.69 Å². The normalized spacial score (nSPS) is 10.1. The van der Waals surface area contributed by atoms with Gasteiger partial charge in [0.05, 0.1) is 4.88 Å². The highest BCUT2D eigenvalue weighted by molar-refractivity contribution is 7.12. The molecule has 0 fully saturated rings. The smallest absolute Gasteiger partial charge is 0.265 e. The maximum Gasteiger partial charge on any atom is 0.265 e. The van der Waals surface area contributed by atoms with Crippen molar-refractivity contribution in [3.8, 4) is 0 Å². The number of thiophene rings is 1. The molecule has 5 nitrogen and oxygen atoms in total. The zero-order valence-corrected chi connectivity index (χ0v) is 12.2. The molecule has 0 aliphatic carbocycles. The molecular formula is C15H16N2O3S. The molecule has 0 radical (unpaired) electrons. The van der Waals surface area contributed by atoms with E-state index in [9.17, 15) is 9.59 Å². The van der Waals surface area contributed by atoms with Gasteiger partial charge in [0.15, 0.2) is 0 Å². The van der Waals surface area contributed by atoms with Crippen molar-refractivity contribution >= 4 is 28.8 Å². The van der Waals surface area contributed by atoms with Crippen LogP contribution in [0.15, 0.2) is 41.8 Å². The summed E-state index contributed by atoms with van der Waals surface area (Å²) < 4.78 is 0. The predicted octanol–water partition coefficient (Wildman–Crippen LogP) is 2.11. The summed E-state index contributed by atoms with van der Waals surface area (Å²) in [4.78, 5) is 24.3. The third-order valence-corrected chi connectivity index (χ3v) is 3.64. The highest BCUT2D eigenvalue weighted by atomic mass is 32.1. The number of hydrogen-bond acceptors (Lipinski definition) is 4. The van der Waals surface area contributed by atoms with E-state index in [0.29, 0.717) is 29.1 Å². The summed E-state index contributed by atoms with van der Waals surface area (Å²) in [5.74, 6) is -0.357. The van der Waals surface area contributed by atoms with E-state index in [1.54, 1.807) is 30.3 Å². The third-order valence-electron chi connectivity index (χ3n) is 2.77. The first kappa shape index (κ1) is 15.2. The van der Waals surface area contributed by atoms with Crippen molar-refractivity contribution in [3.63, 3.8) is 0 Å². The van der Waals surface area contributed by atoms with Gasteiger partial charge in [-0.15, -0.1) is 11.3 Å². The second-order valence-corrected chi connectivity index (χ2v) is 5.29. The van der Waals surface area contributed by atoms with Crippen molar-refractivity contribution in [2.75, 3.05) is 18.5 Å². The third kappa shape index (κ3) is 4.40. The Morgan fingerprint density at radius 1 is 1.10 bits per heavy atom. The number of amides is 2. The number of hydrogen-bond donors (Lipinski definition) is 3. The minimum atomic E-state index is -0.195. The number of rotatable bonds is 6. The molecule has 2 amide bonds. The van der Waals surface area contributed by atoms with Gasteiger partial charge in [0.25, 0.3) is 11.8 Å². The van der Waals surface area contributed by atoms with Crippen molar-refractivity contribution < 1.29 is 14.7 Å². The van der Waals surface area contributed by atoms with Crippen molar-refractivity contribution in [3.05, 3.63) is 52.2 Å². The lowest BCUT2D eigenvalue weighted by molar-refractivity contribution is 0.0950. The molecule has 1 heterocycles. The molecule has 6 heteroatoms. The van der Waals surface area contributed by atoms with Crippen LogP contribution in [0.5, 0.6) is 0 Å². The second-order valence-electron chi connectivity index (χ2n) is 4.34. The van der Waals surface area contributed by atoms with E-state index in [-0.39, 0.29) is 18.4 Å². The molecule has 0 unspecified atom stereocenters. The molecule has 3 N–H and O–H groups in total. The largest absolute Gasteiger partial charge is 0.396 e. The Kier molecular flexibility index (Phi) is 5.48. The number of carbonyl (C=O) groups is 2. The van der Waals surface area contributed by atoms with E-state index >= 15 is 0 Å². The molecule has 0 aliphatic heterocycles. The molecular weight excluding hydrogens is 288 g/mol. The van der Waals surface area contributed by atoms with Gasteiger partial charge in [-0.1, -0.05) is 6.07 Å². The molecule has 1 aromatic heterocycles. The summed E-state index contributed by atoms with van der Waals surface area (Å²) in [6.45, 7) is 0.486. The van der Waals surface area contributed by atoms with Crippen LogP contribution in [0.25, 0.3) is 0 Å². The topological polar surface area (TPSA) is 78.4 Å². The zero-order chi connectivity index (χ0) is 15.1. The van der Waals surface area contributed by atoms with Gasteiger partial charge in [0.1, 0.15) is 0 Å². The average molecular weight is 304 g/mol. The molecule has 21 heavy (non-hydrogen) atoms. The van der Waals surface area contributed by atoms with E-state index in [1.165, 1.54) is 11.3 Å². The Labute approximate surface area is 126 Å². The fraction of sp³-hybridized carbons (Fsp3) is 0.200. The fourth-order valence-electron chi connectivity index (χ4n) is 1.69. The van der Waals surface area contributed by atoms with Gasteiger partial charge >= 0.3 is 0 Å². The lowest BCUT2D eigenvalue weighted by Gasteiger charge is -2.06. The maximum atomic E-state index is 11.9. The number of aliphatic hydroxyl groups excluding tert-OH is 1. The van der Waals surface area contributed by atoms with Crippen LogP contribution in [0.2, 0.25) is 0 Å². The first-order valence-corrected chi connectivity index (χ1v) is 7.42. The highest BCUT2D eigenvalue weighted by Crippen LogP contribution is 2.14.